The van der Waals surface area contributed by atoms with Crippen LogP contribution in [0.5, 0.6) is 0 Å². The Morgan fingerprint density at radius 1 is 1.26 bits per heavy atom. The highest BCUT2D eigenvalue weighted by atomic mass is 19.1. The van der Waals surface area contributed by atoms with E-state index in [0.29, 0.717) is 18.0 Å². The topological polar surface area (TPSA) is 30.9 Å². The van der Waals surface area contributed by atoms with E-state index >= 15 is 0 Å². The van der Waals surface area contributed by atoms with Gasteiger partial charge in [0.15, 0.2) is 0 Å². The normalized spacial score (nSPS) is 16.6. The highest BCUT2D eigenvalue weighted by Gasteiger charge is 2.29. The molecule has 1 aliphatic carbocycles. The third-order valence-electron chi connectivity index (χ3n) is 3.66. The first-order valence-electron chi connectivity index (χ1n) is 6.48. The SMILES string of the molecule is NC(c1ccn(Cc2ccc(F)cc2F)c1)C1CC1. The number of halogens is 2. The van der Waals surface area contributed by atoms with Crippen LogP contribution in [-0.4, -0.2) is 4.57 Å². The summed E-state index contributed by atoms with van der Waals surface area (Å²) in [5.74, 6) is -0.467. The Morgan fingerprint density at radius 3 is 2.74 bits per heavy atom. The molecule has 1 aromatic carbocycles. The zero-order chi connectivity index (χ0) is 13.4. The minimum atomic E-state index is -0.551. The maximum atomic E-state index is 13.6. The highest BCUT2D eigenvalue weighted by Crippen LogP contribution is 2.39. The molecule has 0 radical (unpaired) electrons. The predicted octanol–water partition coefficient (Wildman–Crippen LogP) is 3.22. The smallest absolute Gasteiger partial charge is 0.131 e. The fraction of sp³-hybridized carbons (Fsp3) is 0.333. The molecule has 3 rings (SSSR count). The summed E-state index contributed by atoms with van der Waals surface area (Å²) in [5.41, 5.74) is 7.68. The van der Waals surface area contributed by atoms with E-state index in [1.54, 1.807) is 0 Å². The summed E-state index contributed by atoms with van der Waals surface area (Å²) in [6.45, 7) is 0.392. The Labute approximate surface area is 110 Å². The lowest BCUT2D eigenvalue weighted by atomic mass is 10.1. The Hall–Kier alpha value is -1.68. The average Bonchev–Trinajstić information content (AvgIpc) is 3.12. The van der Waals surface area contributed by atoms with Crippen molar-refractivity contribution in [2.75, 3.05) is 0 Å². The second kappa shape index (κ2) is 4.78. The number of hydrogen-bond acceptors (Lipinski definition) is 1. The molecule has 0 amide bonds. The largest absolute Gasteiger partial charge is 0.349 e. The van der Waals surface area contributed by atoms with Crippen molar-refractivity contribution in [3.63, 3.8) is 0 Å². The molecule has 1 saturated carbocycles. The van der Waals surface area contributed by atoms with Crippen LogP contribution < -0.4 is 5.73 Å². The van der Waals surface area contributed by atoms with Gasteiger partial charge in [0.1, 0.15) is 11.6 Å². The van der Waals surface area contributed by atoms with Gasteiger partial charge in [-0.05, 0) is 36.5 Å². The van der Waals surface area contributed by atoms with E-state index in [4.69, 9.17) is 5.73 Å². The summed E-state index contributed by atoms with van der Waals surface area (Å²) in [6.07, 6.45) is 6.23. The standard InChI is InChI=1S/C15H16F2N2/c16-13-4-3-11(14(17)7-13)8-19-6-5-12(9-19)15(18)10-1-2-10/h3-7,9-10,15H,1-2,8,18H2. The van der Waals surface area contributed by atoms with E-state index in [1.165, 1.54) is 25.0 Å². The maximum Gasteiger partial charge on any atom is 0.131 e. The zero-order valence-corrected chi connectivity index (χ0v) is 10.5. The first-order valence-corrected chi connectivity index (χ1v) is 6.48. The second-order valence-electron chi connectivity index (χ2n) is 5.22. The molecule has 0 aliphatic heterocycles. The molecule has 19 heavy (non-hydrogen) atoms. The Morgan fingerprint density at radius 2 is 2.05 bits per heavy atom. The summed E-state index contributed by atoms with van der Waals surface area (Å²) in [6, 6.07) is 5.73. The van der Waals surface area contributed by atoms with Crippen molar-refractivity contribution in [1.29, 1.82) is 0 Å². The molecular formula is C15H16F2N2. The molecule has 100 valence electrons. The van der Waals surface area contributed by atoms with E-state index in [0.717, 1.165) is 11.6 Å². The maximum absolute atomic E-state index is 13.6. The van der Waals surface area contributed by atoms with Crippen LogP contribution in [0.1, 0.15) is 30.0 Å². The van der Waals surface area contributed by atoms with Crippen LogP contribution >= 0.6 is 0 Å². The molecule has 0 spiro atoms. The van der Waals surface area contributed by atoms with Crippen LogP contribution in [0.3, 0.4) is 0 Å². The molecule has 1 fully saturated rings. The van der Waals surface area contributed by atoms with Gasteiger partial charge in [-0.25, -0.2) is 8.78 Å². The van der Waals surface area contributed by atoms with Gasteiger partial charge in [0, 0.05) is 36.6 Å². The minimum Gasteiger partial charge on any atom is -0.349 e. The number of nitrogens with two attached hydrogens (primary N) is 1. The molecule has 0 bridgehead atoms. The molecule has 2 N–H and O–H groups in total. The summed E-state index contributed by atoms with van der Waals surface area (Å²) in [7, 11) is 0. The number of hydrogen-bond donors (Lipinski definition) is 1. The molecule has 2 nitrogen and oxygen atoms in total. The van der Waals surface area contributed by atoms with Gasteiger partial charge in [-0.3, -0.25) is 0 Å². The quantitative estimate of drug-likeness (QED) is 0.901. The van der Waals surface area contributed by atoms with Crippen molar-refractivity contribution < 1.29 is 8.78 Å². The van der Waals surface area contributed by atoms with Crippen molar-refractivity contribution in [2.24, 2.45) is 11.7 Å². The van der Waals surface area contributed by atoms with Gasteiger partial charge in [0.2, 0.25) is 0 Å². The van der Waals surface area contributed by atoms with Crippen LogP contribution in [0.4, 0.5) is 8.78 Å². The van der Waals surface area contributed by atoms with Crippen LogP contribution in [-0.2, 0) is 6.54 Å². The predicted molar refractivity (Wildman–Crippen MR) is 69.5 cm³/mol. The van der Waals surface area contributed by atoms with Crippen molar-refractivity contribution in [3.8, 4) is 0 Å². The van der Waals surface area contributed by atoms with Crippen molar-refractivity contribution in [1.82, 2.24) is 4.57 Å². The third kappa shape index (κ3) is 2.68. The fourth-order valence-electron chi connectivity index (χ4n) is 2.33. The van der Waals surface area contributed by atoms with Crippen LogP contribution in [0.15, 0.2) is 36.7 Å². The van der Waals surface area contributed by atoms with Gasteiger partial charge in [-0.15, -0.1) is 0 Å². The lowest BCUT2D eigenvalue weighted by molar-refractivity contribution is 0.566. The molecule has 1 aliphatic rings. The monoisotopic (exact) mass is 262 g/mol. The summed E-state index contributed by atoms with van der Waals surface area (Å²) >= 11 is 0. The number of benzene rings is 1. The molecule has 1 atom stereocenters. The first kappa shape index (κ1) is 12.4. The summed E-state index contributed by atoms with van der Waals surface area (Å²) < 4.78 is 28.3. The molecule has 4 heteroatoms. The van der Waals surface area contributed by atoms with Gasteiger partial charge >= 0.3 is 0 Å². The molecule has 0 saturated heterocycles. The molecule has 1 unspecified atom stereocenters. The lowest BCUT2D eigenvalue weighted by Gasteiger charge is -2.08. The van der Waals surface area contributed by atoms with Crippen molar-refractivity contribution in [2.45, 2.75) is 25.4 Å². The molecule has 1 aromatic heterocycles. The number of nitrogens with zero attached hydrogens (tertiary/aromatic N) is 1. The van der Waals surface area contributed by atoms with E-state index in [9.17, 15) is 8.78 Å². The Bertz CT molecular complexity index is 588. The van der Waals surface area contributed by atoms with Crippen LogP contribution in [0, 0.1) is 17.6 Å². The Balaban J connectivity index is 1.76. The average molecular weight is 262 g/mol. The Kier molecular flexibility index (Phi) is 3.11. The fourth-order valence-corrected chi connectivity index (χ4v) is 2.33. The van der Waals surface area contributed by atoms with E-state index < -0.39 is 11.6 Å². The van der Waals surface area contributed by atoms with Gasteiger partial charge < -0.3 is 10.3 Å². The van der Waals surface area contributed by atoms with Gasteiger partial charge in [-0.1, -0.05) is 6.07 Å². The van der Waals surface area contributed by atoms with Gasteiger partial charge in [-0.2, -0.15) is 0 Å². The minimum absolute atomic E-state index is 0.0827. The molecular weight excluding hydrogens is 246 g/mol. The number of rotatable bonds is 4. The van der Waals surface area contributed by atoms with E-state index in [1.807, 2.05) is 23.0 Å². The molecule has 2 aromatic rings. The molecule has 1 heterocycles. The van der Waals surface area contributed by atoms with Gasteiger partial charge in [0.25, 0.3) is 0 Å². The van der Waals surface area contributed by atoms with Crippen molar-refractivity contribution >= 4 is 0 Å². The number of aromatic nitrogens is 1. The van der Waals surface area contributed by atoms with Crippen molar-refractivity contribution in [3.05, 3.63) is 59.4 Å². The second-order valence-corrected chi connectivity index (χ2v) is 5.22. The lowest BCUT2D eigenvalue weighted by Crippen LogP contribution is -2.11. The van der Waals surface area contributed by atoms with Gasteiger partial charge in [0.05, 0.1) is 0 Å². The summed E-state index contributed by atoms with van der Waals surface area (Å²) in [4.78, 5) is 0. The summed E-state index contributed by atoms with van der Waals surface area (Å²) in [5, 5.41) is 0. The third-order valence-corrected chi connectivity index (χ3v) is 3.66. The van der Waals surface area contributed by atoms with Crippen LogP contribution in [0.2, 0.25) is 0 Å². The van der Waals surface area contributed by atoms with E-state index in [2.05, 4.69) is 0 Å². The van der Waals surface area contributed by atoms with Crippen LogP contribution in [0.25, 0.3) is 0 Å². The first-order chi connectivity index (χ1) is 9.13. The zero-order valence-electron chi connectivity index (χ0n) is 10.5. The van der Waals surface area contributed by atoms with E-state index in [-0.39, 0.29) is 6.04 Å². The highest BCUT2D eigenvalue weighted by molar-refractivity contribution is 5.22.